The van der Waals surface area contributed by atoms with Crippen molar-refractivity contribution in [1.29, 1.82) is 0 Å². The van der Waals surface area contributed by atoms with E-state index in [0.29, 0.717) is 12.4 Å². The second kappa shape index (κ2) is 4.72. The van der Waals surface area contributed by atoms with Crippen LogP contribution in [0.25, 0.3) is 11.3 Å². The van der Waals surface area contributed by atoms with Gasteiger partial charge in [0.05, 0.1) is 7.11 Å². The molecular weight excluding hydrogens is 202 g/mol. The van der Waals surface area contributed by atoms with Crippen LogP contribution in [0.3, 0.4) is 0 Å². The number of hydrogen-bond donors (Lipinski definition) is 1. The number of hydrogen-bond acceptors (Lipinski definition) is 4. The predicted octanol–water partition coefficient (Wildman–Crippen LogP) is 1.61. The van der Waals surface area contributed by atoms with Gasteiger partial charge in [-0.2, -0.15) is 0 Å². The number of methoxy groups -OCH3 is 1. The van der Waals surface area contributed by atoms with E-state index in [1.54, 1.807) is 19.5 Å². The molecule has 1 aromatic carbocycles. The van der Waals surface area contributed by atoms with Crippen molar-refractivity contribution in [2.75, 3.05) is 7.11 Å². The molecule has 0 saturated heterocycles. The third-order valence-corrected chi connectivity index (χ3v) is 2.32. The lowest BCUT2D eigenvalue weighted by molar-refractivity contribution is 0.398. The maximum Gasteiger partial charge on any atom is 0.240 e. The minimum Gasteiger partial charge on any atom is -0.479 e. The van der Waals surface area contributed by atoms with Crippen LogP contribution in [0, 0.1) is 0 Å². The van der Waals surface area contributed by atoms with Crippen molar-refractivity contribution in [2.45, 2.75) is 6.54 Å². The summed E-state index contributed by atoms with van der Waals surface area (Å²) in [6.45, 7) is 0.540. The van der Waals surface area contributed by atoms with Crippen molar-refractivity contribution in [3.63, 3.8) is 0 Å². The Balaban J connectivity index is 2.42. The minimum atomic E-state index is 0.531. The summed E-state index contributed by atoms with van der Waals surface area (Å²) in [4.78, 5) is 8.36. The van der Waals surface area contributed by atoms with Crippen LogP contribution in [-0.4, -0.2) is 17.1 Å². The first-order valence-corrected chi connectivity index (χ1v) is 4.99. The number of benzene rings is 1. The summed E-state index contributed by atoms with van der Waals surface area (Å²) < 4.78 is 5.16. The van der Waals surface area contributed by atoms with Crippen LogP contribution >= 0.6 is 0 Å². The molecule has 0 amide bonds. The van der Waals surface area contributed by atoms with E-state index in [4.69, 9.17) is 10.5 Å². The monoisotopic (exact) mass is 215 g/mol. The van der Waals surface area contributed by atoms with Gasteiger partial charge in [-0.25, -0.2) is 9.97 Å². The van der Waals surface area contributed by atoms with Crippen LogP contribution in [0.4, 0.5) is 0 Å². The minimum absolute atomic E-state index is 0.531. The smallest absolute Gasteiger partial charge is 0.240 e. The third kappa shape index (κ3) is 2.01. The number of aromatic nitrogens is 2. The molecule has 0 aliphatic heterocycles. The van der Waals surface area contributed by atoms with Gasteiger partial charge in [-0.15, -0.1) is 0 Å². The quantitative estimate of drug-likeness (QED) is 0.845. The van der Waals surface area contributed by atoms with Crippen LogP contribution in [0.5, 0.6) is 5.88 Å². The fourth-order valence-corrected chi connectivity index (χ4v) is 1.47. The van der Waals surface area contributed by atoms with Gasteiger partial charge in [-0.3, -0.25) is 0 Å². The Morgan fingerprint density at radius 1 is 1.12 bits per heavy atom. The lowest BCUT2D eigenvalue weighted by Gasteiger charge is -2.06. The Kier molecular flexibility index (Phi) is 3.12. The normalized spacial score (nSPS) is 10.1. The lowest BCUT2D eigenvalue weighted by atomic mass is 10.1. The number of ether oxygens (including phenoxy) is 1. The van der Waals surface area contributed by atoms with Crippen LogP contribution in [0.2, 0.25) is 0 Å². The van der Waals surface area contributed by atoms with Crippen LogP contribution < -0.4 is 10.5 Å². The van der Waals surface area contributed by atoms with E-state index >= 15 is 0 Å². The summed E-state index contributed by atoms with van der Waals surface area (Å²) in [5, 5.41) is 0. The first-order chi connectivity index (χ1) is 7.85. The molecule has 0 fully saturated rings. The molecule has 16 heavy (non-hydrogen) atoms. The largest absolute Gasteiger partial charge is 0.479 e. The molecule has 2 rings (SSSR count). The van der Waals surface area contributed by atoms with Crippen LogP contribution in [-0.2, 0) is 6.54 Å². The third-order valence-electron chi connectivity index (χ3n) is 2.32. The van der Waals surface area contributed by atoms with Gasteiger partial charge < -0.3 is 10.5 Å². The molecule has 0 radical (unpaired) electrons. The molecule has 0 spiro atoms. The van der Waals surface area contributed by atoms with Gasteiger partial charge in [-0.1, -0.05) is 24.3 Å². The Bertz CT molecular complexity index is 468. The summed E-state index contributed by atoms with van der Waals surface area (Å²) in [5.41, 5.74) is 8.35. The number of nitrogens with two attached hydrogens (primary N) is 1. The summed E-state index contributed by atoms with van der Waals surface area (Å²) in [7, 11) is 1.59. The second-order valence-corrected chi connectivity index (χ2v) is 3.32. The van der Waals surface area contributed by atoms with Crippen molar-refractivity contribution in [3.8, 4) is 17.1 Å². The van der Waals surface area contributed by atoms with E-state index in [2.05, 4.69) is 9.97 Å². The van der Waals surface area contributed by atoms with E-state index in [9.17, 15) is 0 Å². The molecule has 0 saturated carbocycles. The Hall–Kier alpha value is -1.94. The number of nitrogens with zero attached hydrogens (tertiary/aromatic N) is 2. The molecule has 4 nitrogen and oxygen atoms in total. The molecule has 0 aliphatic rings. The van der Waals surface area contributed by atoms with Gasteiger partial charge in [0.2, 0.25) is 5.88 Å². The molecule has 0 bridgehead atoms. The maximum atomic E-state index is 5.54. The van der Waals surface area contributed by atoms with Crippen molar-refractivity contribution in [2.24, 2.45) is 5.73 Å². The highest BCUT2D eigenvalue weighted by molar-refractivity contribution is 5.64. The molecule has 2 N–H and O–H groups in total. The van der Waals surface area contributed by atoms with Crippen molar-refractivity contribution in [1.82, 2.24) is 9.97 Å². The predicted molar refractivity (Wildman–Crippen MR) is 61.9 cm³/mol. The Labute approximate surface area is 94.1 Å². The van der Waals surface area contributed by atoms with Gasteiger partial charge in [0.1, 0.15) is 5.69 Å². The average Bonchev–Trinajstić information content (AvgIpc) is 2.39. The zero-order valence-corrected chi connectivity index (χ0v) is 9.05. The molecule has 2 aromatic rings. The molecule has 1 heterocycles. The van der Waals surface area contributed by atoms with Gasteiger partial charge in [-0.05, 0) is 5.56 Å². The molecular formula is C12H13N3O. The first kappa shape index (κ1) is 10.6. The second-order valence-electron chi connectivity index (χ2n) is 3.32. The van der Waals surface area contributed by atoms with Crippen LogP contribution in [0.15, 0.2) is 36.7 Å². The summed E-state index contributed by atoms with van der Waals surface area (Å²) >= 11 is 0. The summed E-state index contributed by atoms with van der Waals surface area (Å²) in [5.74, 6) is 0.531. The standard InChI is InChI=1S/C12H13N3O/c1-16-12-11(14-6-7-15-12)10-4-2-9(8-13)3-5-10/h2-7H,8,13H2,1H3. The van der Waals surface area contributed by atoms with Gasteiger partial charge in [0.25, 0.3) is 0 Å². The highest BCUT2D eigenvalue weighted by Crippen LogP contribution is 2.24. The van der Waals surface area contributed by atoms with E-state index in [1.165, 1.54) is 0 Å². The molecule has 4 heteroatoms. The first-order valence-electron chi connectivity index (χ1n) is 4.99. The van der Waals surface area contributed by atoms with Gasteiger partial charge in [0, 0.05) is 24.5 Å². The molecule has 1 aromatic heterocycles. The zero-order chi connectivity index (χ0) is 11.4. The number of rotatable bonds is 3. The topological polar surface area (TPSA) is 61.0 Å². The molecule has 82 valence electrons. The van der Waals surface area contributed by atoms with Gasteiger partial charge >= 0.3 is 0 Å². The Morgan fingerprint density at radius 3 is 2.44 bits per heavy atom. The molecule has 0 aliphatic carbocycles. The molecule has 0 unspecified atom stereocenters. The fraction of sp³-hybridized carbons (Fsp3) is 0.167. The average molecular weight is 215 g/mol. The zero-order valence-electron chi connectivity index (χ0n) is 9.05. The van der Waals surface area contributed by atoms with E-state index < -0.39 is 0 Å². The van der Waals surface area contributed by atoms with E-state index in [1.807, 2.05) is 24.3 Å². The maximum absolute atomic E-state index is 5.54. The van der Waals surface area contributed by atoms with Crippen molar-refractivity contribution < 1.29 is 4.74 Å². The fourth-order valence-electron chi connectivity index (χ4n) is 1.47. The highest BCUT2D eigenvalue weighted by Gasteiger charge is 2.07. The van der Waals surface area contributed by atoms with E-state index in [-0.39, 0.29) is 0 Å². The lowest BCUT2D eigenvalue weighted by Crippen LogP contribution is -1.96. The highest BCUT2D eigenvalue weighted by atomic mass is 16.5. The summed E-state index contributed by atoms with van der Waals surface area (Å²) in [6.07, 6.45) is 3.26. The molecule has 0 atom stereocenters. The van der Waals surface area contributed by atoms with Crippen molar-refractivity contribution >= 4 is 0 Å². The SMILES string of the molecule is COc1nccnc1-c1ccc(CN)cc1. The van der Waals surface area contributed by atoms with Gasteiger partial charge in [0.15, 0.2) is 0 Å². The summed E-state index contributed by atoms with van der Waals surface area (Å²) in [6, 6.07) is 7.89. The Morgan fingerprint density at radius 2 is 1.81 bits per heavy atom. The van der Waals surface area contributed by atoms with E-state index in [0.717, 1.165) is 16.8 Å². The van der Waals surface area contributed by atoms with Crippen LogP contribution in [0.1, 0.15) is 5.56 Å². The van der Waals surface area contributed by atoms with Crippen molar-refractivity contribution in [3.05, 3.63) is 42.2 Å².